The van der Waals surface area contributed by atoms with Gasteiger partial charge in [-0.1, -0.05) is 11.2 Å². The normalized spacial score (nSPS) is 11.0. The summed E-state index contributed by atoms with van der Waals surface area (Å²) in [6.45, 7) is 5.68. The van der Waals surface area contributed by atoms with Gasteiger partial charge in [-0.15, -0.1) is 0 Å². The predicted molar refractivity (Wildman–Crippen MR) is 95.4 cm³/mol. The molecule has 1 aromatic heterocycles. The van der Waals surface area contributed by atoms with Crippen molar-refractivity contribution in [1.82, 2.24) is 4.98 Å². The minimum Gasteiger partial charge on any atom is -0.476 e. The SMILES string of the molecule is CCOC(=O)C(C)(C)Oc1ccc(-c2ccc(CCN=O)cn2)cc1. The van der Waals surface area contributed by atoms with Crippen molar-refractivity contribution in [2.45, 2.75) is 32.8 Å². The molecule has 0 amide bonds. The van der Waals surface area contributed by atoms with Crippen LogP contribution in [0.25, 0.3) is 11.3 Å². The van der Waals surface area contributed by atoms with Crippen LogP contribution in [0.5, 0.6) is 5.75 Å². The van der Waals surface area contributed by atoms with Crippen LogP contribution in [0.2, 0.25) is 0 Å². The Balaban J connectivity index is 2.06. The average Bonchev–Trinajstić information content (AvgIpc) is 2.61. The number of nitrogens with zero attached hydrogens (tertiary/aromatic N) is 2. The highest BCUT2D eigenvalue weighted by molar-refractivity contribution is 5.79. The summed E-state index contributed by atoms with van der Waals surface area (Å²) >= 11 is 0. The Morgan fingerprint density at radius 3 is 2.44 bits per heavy atom. The van der Waals surface area contributed by atoms with E-state index in [9.17, 15) is 9.70 Å². The van der Waals surface area contributed by atoms with Gasteiger partial charge in [-0.2, -0.15) is 4.91 Å². The van der Waals surface area contributed by atoms with Crippen molar-refractivity contribution in [1.29, 1.82) is 0 Å². The summed E-state index contributed by atoms with van der Waals surface area (Å²) in [5.74, 6) is 0.177. The van der Waals surface area contributed by atoms with Gasteiger partial charge < -0.3 is 9.47 Å². The second-order valence-corrected chi connectivity index (χ2v) is 6.01. The van der Waals surface area contributed by atoms with E-state index in [-0.39, 0.29) is 6.54 Å². The molecule has 6 nitrogen and oxygen atoms in total. The third-order valence-corrected chi connectivity index (χ3v) is 3.61. The minimum atomic E-state index is -1.05. The lowest BCUT2D eigenvalue weighted by Gasteiger charge is -2.24. The molecule has 6 heteroatoms. The van der Waals surface area contributed by atoms with E-state index >= 15 is 0 Å². The number of carbonyl (C=O) groups is 1. The molecule has 0 radical (unpaired) electrons. The molecule has 0 fully saturated rings. The molecule has 0 spiro atoms. The van der Waals surface area contributed by atoms with Crippen molar-refractivity contribution >= 4 is 5.97 Å². The fraction of sp³-hybridized carbons (Fsp3) is 0.368. The average molecular weight is 342 g/mol. The lowest BCUT2D eigenvalue weighted by Crippen LogP contribution is -2.39. The fourth-order valence-electron chi connectivity index (χ4n) is 2.25. The second kappa shape index (κ2) is 8.37. The van der Waals surface area contributed by atoms with Crippen molar-refractivity contribution in [3.63, 3.8) is 0 Å². The molecule has 0 unspecified atom stereocenters. The molecule has 0 atom stereocenters. The number of hydrogen-bond donors (Lipinski definition) is 0. The zero-order chi connectivity index (χ0) is 18.3. The van der Waals surface area contributed by atoms with Gasteiger partial charge in [0, 0.05) is 11.8 Å². The molecular formula is C19H22N2O4. The number of carbonyl (C=O) groups excluding carboxylic acids is 1. The molecule has 0 aliphatic heterocycles. The first-order valence-electron chi connectivity index (χ1n) is 8.17. The number of benzene rings is 1. The Kier molecular flexibility index (Phi) is 6.22. The third-order valence-electron chi connectivity index (χ3n) is 3.61. The third kappa shape index (κ3) is 5.11. The second-order valence-electron chi connectivity index (χ2n) is 6.01. The van der Waals surface area contributed by atoms with Crippen LogP contribution >= 0.6 is 0 Å². The molecule has 1 aromatic carbocycles. The Labute approximate surface area is 147 Å². The van der Waals surface area contributed by atoms with Gasteiger partial charge in [0.1, 0.15) is 5.75 Å². The van der Waals surface area contributed by atoms with Crippen molar-refractivity contribution < 1.29 is 14.3 Å². The van der Waals surface area contributed by atoms with Crippen LogP contribution < -0.4 is 4.74 Å². The van der Waals surface area contributed by atoms with Crippen LogP contribution in [0, 0.1) is 4.91 Å². The zero-order valence-corrected chi connectivity index (χ0v) is 14.7. The highest BCUT2D eigenvalue weighted by Crippen LogP contribution is 2.24. The number of pyridine rings is 1. The van der Waals surface area contributed by atoms with E-state index in [0.717, 1.165) is 16.8 Å². The molecule has 2 rings (SSSR count). The first-order valence-corrected chi connectivity index (χ1v) is 8.17. The summed E-state index contributed by atoms with van der Waals surface area (Å²) < 4.78 is 10.7. The number of aromatic nitrogens is 1. The van der Waals surface area contributed by atoms with Crippen LogP contribution in [0.15, 0.2) is 47.8 Å². The van der Waals surface area contributed by atoms with E-state index in [2.05, 4.69) is 10.2 Å². The minimum absolute atomic E-state index is 0.253. The summed E-state index contributed by atoms with van der Waals surface area (Å²) in [7, 11) is 0. The Bertz CT molecular complexity index is 709. The van der Waals surface area contributed by atoms with Gasteiger partial charge in [0.25, 0.3) is 0 Å². The van der Waals surface area contributed by atoms with Gasteiger partial charge in [0.15, 0.2) is 5.60 Å². The number of nitroso groups, excluding NO2 is 1. The van der Waals surface area contributed by atoms with Crippen molar-refractivity contribution in [2.24, 2.45) is 5.18 Å². The quantitative estimate of drug-likeness (QED) is 0.539. The van der Waals surface area contributed by atoms with Gasteiger partial charge in [0.2, 0.25) is 0 Å². The molecule has 0 N–H and O–H groups in total. The van der Waals surface area contributed by atoms with Crippen LogP contribution in [0.4, 0.5) is 0 Å². The van der Waals surface area contributed by atoms with E-state index in [1.165, 1.54) is 0 Å². The van der Waals surface area contributed by atoms with Crippen LogP contribution in [-0.4, -0.2) is 29.7 Å². The molecule has 0 bridgehead atoms. The maximum atomic E-state index is 11.9. The Hall–Kier alpha value is -2.76. The molecule has 0 saturated carbocycles. The predicted octanol–water partition coefficient (Wildman–Crippen LogP) is 3.78. The maximum Gasteiger partial charge on any atom is 0.349 e. The summed E-state index contributed by atoms with van der Waals surface area (Å²) in [5.41, 5.74) is 1.67. The Morgan fingerprint density at radius 2 is 1.88 bits per heavy atom. The molecule has 132 valence electrons. The van der Waals surface area contributed by atoms with E-state index < -0.39 is 11.6 Å². The Morgan fingerprint density at radius 1 is 1.16 bits per heavy atom. The largest absolute Gasteiger partial charge is 0.476 e. The van der Waals surface area contributed by atoms with E-state index in [0.29, 0.717) is 18.8 Å². The smallest absolute Gasteiger partial charge is 0.349 e. The van der Waals surface area contributed by atoms with E-state index in [1.54, 1.807) is 39.1 Å². The van der Waals surface area contributed by atoms with Crippen LogP contribution in [0.3, 0.4) is 0 Å². The number of ether oxygens (including phenoxy) is 2. The first kappa shape index (κ1) is 18.6. The number of rotatable bonds is 8. The summed E-state index contributed by atoms with van der Waals surface area (Å²) in [5, 5.41) is 2.85. The standard InChI is InChI=1S/C19H22N2O4/c1-4-24-18(22)19(2,3)25-16-8-6-15(7-9-16)17-10-5-14(13-20-17)11-12-21-23/h5-10,13H,4,11-12H2,1-3H3. The molecule has 0 saturated heterocycles. The molecular weight excluding hydrogens is 320 g/mol. The molecule has 25 heavy (non-hydrogen) atoms. The van der Waals surface area contributed by atoms with Crippen LogP contribution in [0.1, 0.15) is 26.3 Å². The van der Waals surface area contributed by atoms with Gasteiger partial charge in [-0.3, -0.25) is 4.98 Å². The highest BCUT2D eigenvalue weighted by atomic mass is 16.6. The number of esters is 1. The van der Waals surface area contributed by atoms with Gasteiger partial charge in [0.05, 0.1) is 18.8 Å². The molecule has 2 aromatic rings. The van der Waals surface area contributed by atoms with Crippen molar-refractivity contribution in [2.75, 3.05) is 13.2 Å². The van der Waals surface area contributed by atoms with E-state index in [4.69, 9.17) is 9.47 Å². The maximum absolute atomic E-state index is 11.9. The highest BCUT2D eigenvalue weighted by Gasteiger charge is 2.31. The molecule has 0 aliphatic carbocycles. The van der Waals surface area contributed by atoms with Gasteiger partial charge >= 0.3 is 5.97 Å². The molecule has 1 heterocycles. The monoisotopic (exact) mass is 342 g/mol. The summed E-state index contributed by atoms with van der Waals surface area (Å²) in [4.78, 5) is 26.4. The lowest BCUT2D eigenvalue weighted by atomic mass is 10.1. The van der Waals surface area contributed by atoms with Crippen molar-refractivity contribution in [3.05, 3.63) is 53.1 Å². The fourth-order valence-corrected chi connectivity index (χ4v) is 2.25. The summed E-state index contributed by atoms with van der Waals surface area (Å²) in [6.07, 6.45) is 2.33. The van der Waals surface area contributed by atoms with Gasteiger partial charge in [-0.25, -0.2) is 4.79 Å². The van der Waals surface area contributed by atoms with Gasteiger partial charge in [-0.05, 0) is 63.1 Å². The zero-order valence-electron chi connectivity index (χ0n) is 14.7. The molecule has 0 aliphatic rings. The van der Waals surface area contributed by atoms with Crippen molar-refractivity contribution in [3.8, 4) is 17.0 Å². The topological polar surface area (TPSA) is 77.9 Å². The van der Waals surface area contributed by atoms with Crippen LogP contribution in [-0.2, 0) is 16.0 Å². The lowest BCUT2D eigenvalue weighted by molar-refractivity contribution is -0.158. The van der Waals surface area contributed by atoms with E-state index in [1.807, 2.05) is 24.3 Å². The number of hydrogen-bond acceptors (Lipinski definition) is 6. The summed E-state index contributed by atoms with van der Waals surface area (Å²) in [6, 6.07) is 11.2. The first-order chi connectivity index (χ1) is 12.0.